The number of methoxy groups -OCH3 is 1. The molecule has 7 heteroatoms. The summed E-state index contributed by atoms with van der Waals surface area (Å²) in [7, 11) is 1.42. The van der Waals surface area contributed by atoms with Crippen LogP contribution in [0, 0.1) is 29.6 Å². The molecule has 3 aliphatic carbocycles. The van der Waals surface area contributed by atoms with Crippen LogP contribution in [0.25, 0.3) is 0 Å². The number of fused-ring (bicyclic) bond motifs is 3. The molecule has 4 rings (SSSR count). The van der Waals surface area contributed by atoms with Crippen LogP contribution in [0.5, 0.6) is 11.5 Å². The fourth-order valence-electron chi connectivity index (χ4n) is 6.44. The van der Waals surface area contributed by atoms with Gasteiger partial charge in [-0.15, -0.1) is 0 Å². The number of hydrogen-bond acceptors (Lipinski definition) is 6. The fourth-order valence-corrected chi connectivity index (χ4v) is 6.67. The Bertz CT molecular complexity index is 969. The SMILES string of the molecule is COc1cc(O)c(C(=O)OC2CC3(C)C4CC(C)(C)CC4C=C(CO)C23O)c(C)c1Cl. The molecule has 0 amide bonds. The van der Waals surface area contributed by atoms with E-state index in [1.165, 1.54) is 13.2 Å². The van der Waals surface area contributed by atoms with Crippen molar-refractivity contribution in [2.24, 2.45) is 22.7 Å². The van der Waals surface area contributed by atoms with E-state index in [1.54, 1.807) is 6.92 Å². The summed E-state index contributed by atoms with van der Waals surface area (Å²) in [4.78, 5) is 13.0. The zero-order chi connectivity index (χ0) is 22.9. The Hall–Kier alpha value is -1.76. The van der Waals surface area contributed by atoms with Crippen LogP contribution < -0.4 is 4.74 Å². The lowest BCUT2D eigenvalue weighted by atomic mass is 9.44. The Labute approximate surface area is 187 Å². The number of carbonyl (C=O) groups is 1. The summed E-state index contributed by atoms with van der Waals surface area (Å²) in [5.74, 6) is -0.243. The van der Waals surface area contributed by atoms with Gasteiger partial charge in [0.1, 0.15) is 28.8 Å². The van der Waals surface area contributed by atoms with Crippen LogP contribution in [-0.4, -0.2) is 46.7 Å². The highest BCUT2D eigenvalue weighted by atomic mass is 35.5. The van der Waals surface area contributed by atoms with E-state index in [9.17, 15) is 20.1 Å². The van der Waals surface area contributed by atoms with Crippen molar-refractivity contribution in [3.8, 4) is 11.5 Å². The molecule has 0 aromatic heterocycles. The zero-order valence-corrected chi connectivity index (χ0v) is 19.4. The monoisotopic (exact) mass is 450 g/mol. The van der Waals surface area contributed by atoms with Crippen LogP contribution in [0.2, 0.25) is 5.02 Å². The van der Waals surface area contributed by atoms with Crippen molar-refractivity contribution in [2.45, 2.75) is 58.7 Å². The third-order valence-corrected chi connectivity index (χ3v) is 8.50. The number of hydrogen-bond donors (Lipinski definition) is 3. The van der Waals surface area contributed by atoms with Gasteiger partial charge >= 0.3 is 5.97 Å². The van der Waals surface area contributed by atoms with Gasteiger partial charge in [0, 0.05) is 11.5 Å². The summed E-state index contributed by atoms with van der Waals surface area (Å²) in [5, 5.41) is 32.4. The molecule has 31 heavy (non-hydrogen) atoms. The van der Waals surface area contributed by atoms with Gasteiger partial charge in [-0.05, 0) is 54.6 Å². The first kappa shape index (κ1) is 22.4. The molecule has 5 unspecified atom stereocenters. The molecular weight excluding hydrogens is 420 g/mol. The van der Waals surface area contributed by atoms with Gasteiger partial charge in [-0.1, -0.05) is 38.4 Å². The highest BCUT2D eigenvalue weighted by Crippen LogP contribution is 2.68. The van der Waals surface area contributed by atoms with Crippen molar-refractivity contribution in [3.63, 3.8) is 0 Å². The van der Waals surface area contributed by atoms with Crippen LogP contribution in [0.1, 0.15) is 56.0 Å². The second-order valence-electron chi connectivity index (χ2n) is 10.4. The topological polar surface area (TPSA) is 96.2 Å². The Morgan fingerprint density at radius 1 is 1.26 bits per heavy atom. The first-order valence-electron chi connectivity index (χ1n) is 10.7. The number of phenols is 1. The number of allylic oxidation sites excluding steroid dienone is 1. The van der Waals surface area contributed by atoms with E-state index in [-0.39, 0.29) is 40.0 Å². The van der Waals surface area contributed by atoms with Gasteiger partial charge in [0.2, 0.25) is 0 Å². The number of aliphatic hydroxyl groups excluding tert-OH is 1. The zero-order valence-electron chi connectivity index (χ0n) is 18.7. The van der Waals surface area contributed by atoms with Crippen molar-refractivity contribution >= 4 is 17.6 Å². The predicted octanol–water partition coefficient (Wildman–Crippen LogP) is 4.01. The Morgan fingerprint density at radius 3 is 2.55 bits per heavy atom. The summed E-state index contributed by atoms with van der Waals surface area (Å²) in [6, 6.07) is 1.27. The van der Waals surface area contributed by atoms with E-state index in [2.05, 4.69) is 13.8 Å². The number of esters is 1. The summed E-state index contributed by atoms with van der Waals surface area (Å²) >= 11 is 6.26. The standard InChI is InChI=1S/C24H31ClO6/c1-12-19(16(27)7-17(30-5)20(12)25)21(28)31-18-10-23(4)15-9-22(2,3)8-13(15)6-14(11-26)24(18,23)29/h6-7,13,15,18,26-27,29H,8-11H2,1-5H3. The molecule has 0 spiro atoms. The molecule has 3 aliphatic rings. The van der Waals surface area contributed by atoms with Crippen molar-refractivity contribution in [3.05, 3.63) is 33.9 Å². The van der Waals surface area contributed by atoms with Crippen molar-refractivity contribution in [1.29, 1.82) is 0 Å². The van der Waals surface area contributed by atoms with Gasteiger partial charge in [0.25, 0.3) is 0 Å². The summed E-state index contributed by atoms with van der Waals surface area (Å²) in [6.45, 7) is 7.81. The number of benzene rings is 1. The molecule has 3 N–H and O–H groups in total. The molecule has 2 fully saturated rings. The second-order valence-corrected chi connectivity index (χ2v) is 10.8. The Morgan fingerprint density at radius 2 is 1.94 bits per heavy atom. The first-order chi connectivity index (χ1) is 14.4. The molecule has 0 radical (unpaired) electrons. The normalized spacial score (nSPS) is 35.5. The number of phenolic OH excluding ortho intramolecular Hbond substituents is 1. The maximum atomic E-state index is 13.0. The number of carbonyl (C=O) groups excluding carboxylic acids is 1. The molecule has 2 saturated carbocycles. The lowest BCUT2D eigenvalue weighted by Crippen LogP contribution is -2.73. The molecule has 170 valence electrons. The van der Waals surface area contributed by atoms with E-state index in [0.29, 0.717) is 23.5 Å². The molecule has 1 aromatic rings. The van der Waals surface area contributed by atoms with Crippen molar-refractivity contribution < 1.29 is 29.6 Å². The quantitative estimate of drug-likeness (QED) is 0.473. The molecule has 6 nitrogen and oxygen atoms in total. The lowest BCUT2D eigenvalue weighted by molar-refractivity contribution is -0.250. The van der Waals surface area contributed by atoms with Gasteiger partial charge in [0.05, 0.1) is 18.7 Å². The van der Waals surface area contributed by atoms with Crippen LogP contribution in [0.3, 0.4) is 0 Å². The minimum atomic E-state index is -1.43. The first-order valence-corrected chi connectivity index (χ1v) is 11.1. The smallest absolute Gasteiger partial charge is 0.342 e. The highest BCUT2D eigenvalue weighted by Gasteiger charge is 2.72. The van der Waals surface area contributed by atoms with Gasteiger partial charge in [-0.3, -0.25) is 0 Å². The Balaban J connectivity index is 1.65. The summed E-state index contributed by atoms with van der Waals surface area (Å²) in [5.41, 5.74) is -0.946. The third-order valence-electron chi connectivity index (χ3n) is 8.04. The minimum absolute atomic E-state index is 0.0479. The van der Waals surface area contributed by atoms with Gasteiger partial charge in [0.15, 0.2) is 0 Å². The second kappa shape index (κ2) is 7.12. The molecule has 0 aliphatic heterocycles. The Kier molecular flexibility index (Phi) is 5.15. The highest BCUT2D eigenvalue weighted by molar-refractivity contribution is 6.33. The van der Waals surface area contributed by atoms with E-state index < -0.39 is 23.1 Å². The van der Waals surface area contributed by atoms with Crippen LogP contribution in [0.4, 0.5) is 0 Å². The molecule has 1 aromatic carbocycles. The molecular formula is C24H31ClO6. The largest absolute Gasteiger partial charge is 0.507 e. The maximum absolute atomic E-state index is 13.0. The van der Waals surface area contributed by atoms with E-state index >= 15 is 0 Å². The number of halogens is 1. The number of aromatic hydroxyl groups is 1. The average molecular weight is 451 g/mol. The summed E-state index contributed by atoms with van der Waals surface area (Å²) in [6.07, 6.45) is 3.66. The van der Waals surface area contributed by atoms with Crippen molar-refractivity contribution in [2.75, 3.05) is 13.7 Å². The van der Waals surface area contributed by atoms with Crippen LogP contribution >= 0.6 is 11.6 Å². The van der Waals surface area contributed by atoms with Crippen LogP contribution in [-0.2, 0) is 4.74 Å². The van der Waals surface area contributed by atoms with Gasteiger partial charge < -0.3 is 24.8 Å². The lowest BCUT2D eigenvalue weighted by Gasteiger charge is -2.65. The third kappa shape index (κ3) is 3.02. The van der Waals surface area contributed by atoms with Gasteiger partial charge in [-0.25, -0.2) is 4.79 Å². The maximum Gasteiger partial charge on any atom is 0.342 e. The molecule has 0 heterocycles. The van der Waals surface area contributed by atoms with Crippen LogP contribution in [0.15, 0.2) is 17.7 Å². The number of aliphatic hydroxyl groups is 2. The average Bonchev–Trinajstić information content (AvgIpc) is 3.01. The van der Waals surface area contributed by atoms with E-state index in [0.717, 1.165) is 12.8 Å². The fraction of sp³-hybridized carbons (Fsp3) is 0.625. The summed E-state index contributed by atoms with van der Waals surface area (Å²) < 4.78 is 10.9. The van der Waals surface area contributed by atoms with E-state index in [4.69, 9.17) is 21.1 Å². The van der Waals surface area contributed by atoms with Crippen molar-refractivity contribution in [1.82, 2.24) is 0 Å². The minimum Gasteiger partial charge on any atom is -0.507 e. The molecule has 5 atom stereocenters. The number of rotatable bonds is 4. The molecule has 0 bridgehead atoms. The van der Waals surface area contributed by atoms with Gasteiger partial charge in [-0.2, -0.15) is 0 Å². The number of ether oxygens (including phenoxy) is 2. The van der Waals surface area contributed by atoms with E-state index in [1.807, 2.05) is 13.0 Å². The molecule has 0 saturated heterocycles. The predicted molar refractivity (Wildman–Crippen MR) is 116 cm³/mol.